The lowest BCUT2D eigenvalue weighted by Gasteiger charge is -2.34. The lowest BCUT2D eigenvalue weighted by atomic mass is 10.1. The number of methoxy groups -OCH3 is 1. The second kappa shape index (κ2) is 7.57. The van der Waals surface area contributed by atoms with E-state index in [4.69, 9.17) is 10.5 Å². The number of esters is 1. The molecular formula is C18H24N6O2. The Hall–Kier alpha value is -2.87. The Morgan fingerprint density at radius 1 is 1.19 bits per heavy atom. The van der Waals surface area contributed by atoms with Gasteiger partial charge >= 0.3 is 5.97 Å². The molecule has 0 amide bonds. The van der Waals surface area contributed by atoms with Crippen molar-refractivity contribution in [1.29, 1.82) is 0 Å². The van der Waals surface area contributed by atoms with Crippen LogP contribution in [0.25, 0.3) is 0 Å². The third-order valence-electron chi connectivity index (χ3n) is 4.63. The summed E-state index contributed by atoms with van der Waals surface area (Å²) in [6.07, 6.45) is 1.51. The van der Waals surface area contributed by atoms with Crippen LogP contribution in [-0.4, -0.2) is 68.2 Å². The molecule has 2 N–H and O–H groups in total. The Bertz CT molecular complexity index is 789. The van der Waals surface area contributed by atoms with E-state index in [1.807, 2.05) is 19.2 Å². The van der Waals surface area contributed by atoms with Gasteiger partial charge < -0.3 is 25.2 Å². The summed E-state index contributed by atoms with van der Waals surface area (Å²) >= 11 is 0. The molecule has 2 heterocycles. The second-order valence-electron chi connectivity index (χ2n) is 6.29. The lowest BCUT2D eigenvalue weighted by Crippen LogP contribution is -2.45. The molecule has 1 aromatic carbocycles. The molecule has 138 valence electrons. The van der Waals surface area contributed by atoms with Crippen molar-refractivity contribution >= 4 is 29.0 Å². The molecule has 3 rings (SSSR count). The summed E-state index contributed by atoms with van der Waals surface area (Å²) in [5.41, 5.74) is 8.04. The third-order valence-corrected chi connectivity index (χ3v) is 4.63. The number of hydrogen-bond acceptors (Lipinski definition) is 8. The first-order valence-corrected chi connectivity index (χ1v) is 8.48. The first-order valence-electron chi connectivity index (χ1n) is 8.48. The molecule has 1 aromatic heterocycles. The molecule has 0 aliphatic carbocycles. The second-order valence-corrected chi connectivity index (χ2v) is 6.29. The van der Waals surface area contributed by atoms with Crippen LogP contribution in [0, 0.1) is 0 Å². The fourth-order valence-electron chi connectivity index (χ4n) is 3.08. The number of piperazine rings is 1. The molecule has 2 aromatic rings. The molecule has 26 heavy (non-hydrogen) atoms. The molecule has 1 aliphatic heterocycles. The van der Waals surface area contributed by atoms with E-state index in [0.29, 0.717) is 22.8 Å². The van der Waals surface area contributed by atoms with E-state index < -0.39 is 5.97 Å². The maximum absolute atomic E-state index is 12.1. The van der Waals surface area contributed by atoms with Gasteiger partial charge in [0, 0.05) is 33.2 Å². The van der Waals surface area contributed by atoms with Crippen LogP contribution >= 0.6 is 0 Å². The van der Waals surface area contributed by atoms with E-state index in [-0.39, 0.29) is 0 Å². The van der Waals surface area contributed by atoms with Crippen molar-refractivity contribution in [1.82, 2.24) is 14.9 Å². The normalized spacial score (nSPS) is 15.0. The zero-order chi connectivity index (χ0) is 18.7. The molecule has 1 aliphatic rings. The maximum atomic E-state index is 12.1. The van der Waals surface area contributed by atoms with Gasteiger partial charge in [0.25, 0.3) is 0 Å². The van der Waals surface area contributed by atoms with Crippen LogP contribution in [0.5, 0.6) is 0 Å². The summed E-state index contributed by atoms with van der Waals surface area (Å²) in [7, 11) is 5.29. The number of carbonyl (C=O) groups is 1. The van der Waals surface area contributed by atoms with Gasteiger partial charge in [-0.25, -0.2) is 14.8 Å². The Labute approximate surface area is 153 Å². The molecule has 8 heteroatoms. The Kier molecular flexibility index (Phi) is 5.22. The van der Waals surface area contributed by atoms with Crippen molar-refractivity contribution in [2.75, 3.05) is 62.9 Å². The largest absolute Gasteiger partial charge is 0.465 e. The highest BCUT2D eigenvalue weighted by Gasteiger charge is 2.23. The number of carbonyl (C=O) groups excluding carboxylic acids is 1. The smallest absolute Gasteiger partial charge is 0.339 e. The third kappa shape index (κ3) is 3.41. The van der Waals surface area contributed by atoms with Gasteiger partial charge in [-0.2, -0.15) is 0 Å². The lowest BCUT2D eigenvalue weighted by molar-refractivity contribution is 0.0601. The Balaban J connectivity index is 1.95. The number of benzene rings is 1. The minimum atomic E-state index is -0.403. The minimum Gasteiger partial charge on any atom is -0.465 e. The Morgan fingerprint density at radius 3 is 2.58 bits per heavy atom. The van der Waals surface area contributed by atoms with Crippen molar-refractivity contribution in [3.8, 4) is 0 Å². The number of hydrogen-bond donors (Lipinski definition) is 1. The molecule has 0 radical (unpaired) electrons. The fourth-order valence-corrected chi connectivity index (χ4v) is 3.08. The van der Waals surface area contributed by atoms with Crippen LogP contribution in [-0.2, 0) is 4.74 Å². The standard InChI is InChI=1S/C18H24N6O2/c1-22-8-10-24(11-9-22)17-15(19)16(20-12-21-17)23(2)14-7-5-4-6-13(14)18(25)26-3/h4-7,12H,8-11,19H2,1-3H3. The molecule has 0 atom stereocenters. The van der Waals surface area contributed by atoms with Crippen molar-refractivity contribution in [3.63, 3.8) is 0 Å². The highest BCUT2D eigenvalue weighted by molar-refractivity contribution is 5.97. The maximum Gasteiger partial charge on any atom is 0.339 e. The average Bonchev–Trinajstić information content (AvgIpc) is 2.68. The summed E-state index contributed by atoms with van der Waals surface area (Å²) in [4.78, 5) is 27.0. The molecule has 0 bridgehead atoms. The summed E-state index contributed by atoms with van der Waals surface area (Å²) in [5, 5.41) is 0. The number of nitrogens with zero attached hydrogens (tertiary/aromatic N) is 5. The predicted molar refractivity (Wildman–Crippen MR) is 102 cm³/mol. The number of ether oxygens (including phenoxy) is 1. The number of likely N-dealkylation sites (N-methyl/N-ethyl adjacent to an activating group) is 1. The summed E-state index contributed by atoms with van der Waals surface area (Å²) in [6, 6.07) is 7.21. The molecular weight excluding hydrogens is 332 g/mol. The monoisotopic (exact) mass is 356 g/mol. The molecule has 0 saturated carbocycles. The summed E-state index contributed by atoms with van der Waals surface area (Å²) < 4.78 is 4.88. The van der Waals surface area contributed by atoms with Gasteiger partial charge in [0.2, 0.25) is 0 Å². The SMILES string of the molecule is COC(=O)c1ccccc1N(C)c1ncnc(N2CCN(C)CC2)c1N. The van der Waals surface area contributed by atoms with Gasteiger partial charge in [-0.05, 0) is 19.2 Å². The fraction of sp³-hybridized carbons (Fsp3) is 0.389. The highest BCUT2D eigenvalue weighted by atomic mass is 16.5. The quantitative estimate of drug-likeness (QED) is 0.822. The number of aromatic nitrogens is 2. The minimum absolute atomic E-state index is 0.403. The van der Waals surface area contributed by atoms with Crippen molar-refractivity contribution in [2.45, 2.75) is 0 Å². The van der Waals surface area contributed by atoms with E-state index in [2.05, 4.69) is 26.8 Å². The van der Waals surface area contributed by atoms with Crippen LogP contribution in [0.2, 0.25) is 0 Å². The van der Waals surface area contributed by atoms with Crippen molar-refractivity contribution < 1.29 is 9.53 Å². The molecule has 0 spiro atoms. The van der Waals surface area contributed by atoms with Gasteiger partial charge in [0.05, 0.1) is 18.4 Å². The Morgan fingerprint density at radius 2 is 1.88 bits per heavy atom. The van der Waals surface area contributed by atoms with Crippen LogP contribution in [0.15, 0.2) is 30.6 Å². The number of rotatable bonds is 4. The number of nitrogens with two attached hydrogens (primary N) is 1. The van der Waals surface area contributed by atoms with Gasteiger partial charge in [0.15, 0.2) is 11.6 Å². The first kappa shape index (κ1) is 17.9. The van der Waals surface area contributed by atoms with Gasteiger partial charge in [-0.1, -0.05) is 12.1 Å². The topological polar surface area (TPSA) is 87.8 Å². The predicted octanol–water partition coefficient (Wildman–Crippen LogP) is 1.37. The highest BCUT2D eigenvalue weighted by Crippen LogP contribution is 2.34. The number of anilines is 4. The zero-order valence-corrected chi connectivity index (χ0v) is 15.3. The van der Waals surface area contributed by atoms with E-state index in [1.165, 1.54) is 13.4 Å². The van der Waals surface area contributed by atoms with Gasteiger partial charge in [0.1, 0.15) is 12.0 Å². The molecule has 1 fully saturated rings. The van der Waals surface area contributed by atoms with E-state index in [9.17, 15) is 4.79 Å². The van der Waals surface area contributed by atoms with Crippen LogP contribution in [0.1, 0.15) is 10.4 Å². The van der Waals surface area contributed by atoms with E-state index in [0.717, 1.165) is 32.0 Å². The number of para-hydroxylation sites is 1. The average molecular weight is 356 g/mol. The van der Waals surface area contributed by atoms with Crippen molar-refractivity contribution in [2.24, 2.45) is 0 Å². The van der Waals surface area contributed by atoms with Gasteiger partial charge in [-0.15, -0.1) is 0 Å². The molecule has 1 saturated heterocycles. The molecule has 8 nitrogen and oxygen atoms in total. The molecule has 0 unspecified atom stereocenters. The van der Waals surface area contributed by atoms with Gasteiger partial charge in [-0.3, -0.25) is 0 Å². The van der Waals surface area contributed by atoms with Crippen LogP contribution in [0.4, 0.5) is 23.0 Å². The first-order chi connectivity index (χ1) is 12.5. The van der Waals surface area contributed by atoms with Crippen molar-refractivity contribution in [3.05, 3.63) is 36.2 Å². The van der Waals surface area contributed by atoms with E-state index in [1.54, 1.807) is 17.0 Å². The number of nitrogen functional groups attached to an aromatic ring is 1. The summed E-state index contributed by atoms with van der Waals surface area (Å²) in [5.74, 6) is 0.884. The zero-order valence-electron chi connectivity index (χ0n) is 15.3. The van der Waals surface area contributed by atoms with Crippen LogP contribution < -0.4 is 15.5 Å². The summed E-state index contributed by atoms with van der Waals surface area (Å²) in [6.45, 7) is 3.64. The van der Waals surface area contributed by atoms with Crippen LogP contribution in [0.3, 0.4) is 0 Å². The van der Waals surface area contributed by atoms with E-state index >= 15 is 0 Å².